The number of carboxylic acid groups (broad SMARTS) is 1. The lowest BCUT2D eigenvalue weighted by atomic mass is 10.0. The summed E-state index contributed by atoms with van der Waals surface area (Å²) in [7, 11) is 0. The molecule has 80 valence electrons. The van der Waals surface area contributed by atoms with Gasteiger partial charge in [0, 0.05) is 3.57 Å². The third kappa shape index (κ3) is 1.92. The molecule has 6 nitrogen and oxygen atoms in total. The third-order valence-electron chi connectivity index (χ3n) is 1.80. The summed E-state index contributed by atoms with van der Waals surface area (Å²) in [6.07, 6.45) is 0. The van der Waals surface area contributed by atoms with Crippen LogP contribution in [0.15, 0.2) is 24.3 Å². The number of rotatable bonds is 3. The molecule has 0 saturated heterocycles. The van der Waals surface area contributed by atoms with Gasteiger partial charge in [0.2, 0.25) is 0 Å². The van der Waals surface area contributed by atoms with E-state index in [4.69, 9.17) is 0 Å². The fourth-order valence-corrected chi connectivity index (χ4v) is 1.79. The van der Waals surface area contributed by atoms with Crippen molar-refractivity contribution in [3.8, 4) is 0 Å². The number of hydrogen-bond acceptors (Lipinski definition) is 5. The molecule has 1 unspecified atom stereocenters. The van der Waals surface area contributed by atoms with Crippen molar-refractivity contribution in [2.45, 2.75) is 5.72 Å². The zero-order chi connectivity index (χ0) is 11.6. The fourth-order valence-electron chi connectivity index (χ4n) is 1.03. The van der Waals surface area contributed by atoms with Crippen LogP contribution >= 0.6 is 22.6 Å². The molecule has 7 heteroatoms. The predicted octanol–water partition coefficient (Wildman–Crippen LogP) is -0.537. The molecule has 15 heavy (non-hydrogen) atoms. The van der Waals surface area contributed by atoms with Crippen molar-refractivity contribution in [2.24, 2.45) is 0 Å². The SMILES string of the molecule is O=C([O-])C(O)(c1ccccc1I)[N+](=O)[O-]. The molecular weight excluding hydrogens is 317 g/mol. The van der Waals surface area contributed by atoms with Crippen LogP contribution in [0.4, 0.5) is 0 Å². The molecule has 0 aliphatic heterocycles. The maximum Gasteiger partial charge on any atom is 0.391 e. The maximum absolute atomic E-state index is 10.6. The highest BCUT2D eigenvalue weighted by atomic mass is 127. The molecular formula is C8H5INO5-. The Morgan fingerprint density at radius 3 is 2.40 bits per heavy atom. The smallest absolute Gasteiger partial charge is 0.391 e. The van der Waals surface area contributed by atoms with Crippen LogP contribution in [-0.2, 0) is 10.5 Å². The number of carbonyl (C=O) groups excluding carboxylic acids is 1. The van der Waals surface area contributed by atoms with E-state index < -0.39 is 16.6 Å². The number of nitrogens with zero attached hydrogens (tertiary/aromatic N) is 1. The molecule has 0 saturated carbocycles. The van der Waals surface area contributed by atoms with Crippen molar-refractivity contribution in [1.82, 2.24) is 0 Å². The van der Waals surface area contributed by atoms with Gasteiger partial charge in [-0.25, -0.2) is 0 Å². The summed E-state index contributed by atoms with van der Waals surface area (Å²) in [6.45, 7) is 0. The standard InChI is InChI=1S/C8H6INO5/c9-6-4-2-1-3-5(6)8(13,7(11)12)10(14)15/h1-4,13H,(H,11,12)/p-1. The normalized spacial score (nSPS) is 14.3. The number of carboxylic acids is 1. The summed E-state index contributed by atoms with van der Waals surface area (Å²) in [5, 5.41) is 30.6. The van der Waals surface area contributed by atoms with E-state index in [0.29, 0.717) is 0 Å². The van der Waals surface area contributed by atoms with Gasteiger partial charge in [0.15, 0.2) is 5.97 Å². The third-order valence-corrected chi connectivity index (χ3v) is 2.74. The van der Waals surface area contributed by atoms with Crippen LogP contribution in [0.3, 0.4) is 0 Å². The summed E-state index contributed by atoms with van der Waals surface area (Å²) in [5.41, 5.74) is -3.51. The van der Waals surface area contributed by atoms with Crippen LogP contribution in [0.1, 0.15) is 5.56 Å². The van der Waals surface area contributed by atoms with Gasteiger partial charge in [-0.2, -0.15) is 0 Å². The average molecular weight is 322 g/mol. The molecule has 0 bridgehead atoms. The second-order valence-corrected chi connectivity index (χ2v) is 3.86. The summed E-state index contributed by atoms with van der Waals surface area (Å²) in [5.74, 6) is -2.16. The van der Waals surface area contributed by atoms with E-state index in [-0.39, 0.29) is 9.13 Å². The highest BCUT2D eigenvalue weighted by Crippen LogP contribution is 2.25. The summed E-state index contributed by atoms with van der Waals surface area (Å²) >= 11 is 1.70. The molecule has 0 fully saturated rings. The van der Waals surface area contributed by atoms with Gasteiger partial charge in [-0.15, -0.1) is 0 Å². The van der Waals surface area contributed by atoms with E-state index in [0.717, 1.165) is 0 Å². The van der Waals surface area contributed by atoms with Crippen molar-refractivity contribution in [2.75, 3.05) is 0 Å². The van der Waals surface area contributed by atoms with Crippen LogP contribution in [0, 0.1) is 13.7 Å². The molecule has 0 aliphatic carbocycles. The lowest BCUT2D eigenvalue weighted by Crippen LogP contribution is -2.51. The average Bonchev–Trinajstić information content (AvgIpc) is 2.16. The van der Waals surface area contributed by atoms with Gasteiger partial charge in [-0.05, 0) is 34.7 Å². The molecule has 0 radical (unpaired) electrons. The van der Waals surface area contributed by atoms with E-state index in [1.807, 2.05) is 0 Å². The van der Waals surface area contributed by atoms with Crippen molar-refractivity contribution >= 4 is 28.6 Å². The molecule has 1 atom stereocenters. The predicted molar refractivity (Wildman–Crippen MR) is 55.1 cm³/mol. The molecule has 0 heterocycles. The molecule has 0 amide bonds. The van der Waals surface area contributed by atoms with Gasteiger partial charge < -0.3 is 15.0 Å². The Morgan fingerprint density at radius 2 is 2.00 bits per heavy atom. The number of aliphatic carboxylic acids is 1. The van der Waals surface area contributed by atoms with E-state index in [2.05, 4.69) is 0 Å². The molecule has 1 aromatic rings. The Morgan fingerprint density at radius 1 is 1.47 bits per heavy atom. The summed E-state index contributed by atoms with van der Waals surface area (Å²) < 4.78 is 0.276. The Balaban J connectivity index is 3.41. The Bertz CT molecular complexity index is 405. The molecule has 0 aromatic heterocycles. The van der Waals surface area contributed by atoms with Crippen LogP contribution in [0.5, 0.6) is 0 Å². The first-order chi connectivity index (χ1) is 6.90. The lowest BCUT2D eigenvalue weighted by molar-refractivity contribution is -0.629. The van der Waals surface area contributed by atoms with Crippen LogP contribution in [0.25, 0.3) is 0 Å². The molecule has 1 rings (SSSR count). The van der Waals surface area contributed by atoms with Crippen molar-refractivity contribution in [3.63, 3.8) is 0 Å². The van der Waals surface area contributed by atoms with Gasteiger partial charge in [-0.3, -0.25) is 10.1 Å². The molecule has 1 N–H and O–H groups in total. The van der Waals surface area contributed by atoms with Gasteiger partial charge in [0.1, 0.15) is 0 Å². The fraction of sp³-hybridized carbons (Fsp3) is 0.125. The number of benzene rings is 1. The minimum absolute atomic E-state index is 0.276. The topological polar surface area (TPSA) is 104 Å². The van der Waals surface area contributed by atoms with Gasteiger partial charge in [0.25, 0.3) is 0 Å². The van der Waals surface area contributed by atoms with Gasteiger partial charge >= 0.3 is 5.72 Å². The first-order valence-corrected chi connectivity index (χ1v) is 4.82. The summed E-state index contributed by atoms with van der Waals surface area (Å²) in [4.78, 5) is 19.9. The molecule has 0 spiro atoms. The number of halogens is 1. The second-order valence-electron chi connectivity index (χ2n) is 2.70. The Kier molecular flexibility index (Phi) is 3.25. The summed E-state index contributed by atoms with van der Waals surface area (Å²) in [6, 6.07) is 5.59. The molecule has 0 aliphatic rings. The highest BCUT2D eigenvalue weighted by molar-refractivity contribution is 14.1. The zero-order valence-corrected chi connectivity index (χ0v) is 9.37. The lowest BCUT2D eigenvalue weighted by Gasteiger charge is -2.20. The minimum Gasteiger partial charge on any atom is -0.541 e. The number of carbonyl (C=O) groups is 1. The minimum atomic E-state index is -3.20. The van der Waals surface area contributed by atoms with E-state index in [1.54, 1.807) is 28.7 Å². The van der Waals surface area contributed by atoms with Crippen LogP contribution in [-0.4, -0.2) is 16.0 Å². The van der Waals surface area contributed by atoms with E-state index in [9.17, 15) is 25.1 Å². The van der Waals surface area contributed by atoms with Crippen LogP contribution < -0.4 is 5.11 Å². The van der Waals surface area contributed by atoms with Crippen LogP contribution in [0.2, 0.25) is 0 Å². The highest BCUT2D eigenvalue weighted by Gasteiger charge is 2.46. The second kappa shape index (κ2) is 4.11. The number of aliphatic hydroxyl groups is 1. The monoisotopic (exact) mass is 322 g/mol. The molecule has 1 aromatic carbocycles. The Hall–Kier alpha value is -1.22. The largest absolute Gasteiger partial charge is 0.541 e. The zero-order valence-electron chi connectivity index (χ0n) is 7.21. The first kappa shape index (κ1) is 11.9. The van der Waals surface area contributed by atoms with E-state index >= 15 is 0 Å². The van der Waals surface area contributed by atoms with Crippen molar-refractivity contribution in [1.29, 1.82) is 0 Å². The van der Waals surface area contributed by atoms with Crippen molar-refractivity contribution < 1.29 is 19.9 Å². The van der Waals surface area contributed by atoms with Gasteiger partial charge in [0.05, 0.1) is 10.5 Å². The quantitative estimate of drug-likeness (QED) is 0.348. The van der Waals surface area contributed by atoms with Gasteiger partial charge in [-0.1, -0.05) is 12.1 Å². The first-order valence-electron chi connectivity index (χ1n) is 3.74. The number of nitro groups is 1. The number of hydrogen-bond donors (Lipinski definition) is 1. The maximum atomic E-state index is 10.6. The Labute approximate surface area is 97.8 Å². The van der Waals surface area contributed by atoms with Crippen molar-refractivity contribution in [3.05, 3.63) is 43.5 Å². The van der Waals surface area contributed by atoms with E-state index in [1.165, 1.54) is 18.2 Å².